The van der Waals surface area contributed by atoms with Crippen LogP contribution in [0.25, 0.3) is 0 Å². The van der Waals surface area contributed by atoms with Gasteiger partial charge in [-0.15, -0.1) is 11.6 Å². The molecule has 7 heteroatoms. The quantitative estimate of drug-likeness (QED) is 0.687. The van der Waals surface area contributed by atoms with E-state index in [0.29, 0.717) is 12.3 Å². The topological polar surface area (TPSA) is 50.5 Å². The maximum Gasteiger partial charge on any atom is 0.247 e. The van der Waals surface area contributed by atoms with Crippen LogP contribution in [0.5, 0.6) is 0 Å². The normalized spacial score (nSPS) is 16.2. The fourth-order valence-corrected chi connectivity index (χ4v) is 4.76. The van der Waals surface area contributed by atoms with Gasteiger partial charge in [-0.1, -0.05) is 13.3 Å². The smallest absolute Gasteiger partial charge is 0.247 e. The number of sulfonamides is 1. The average molecular weight is 371 g/mol. The summed E-state index contributed by atoms with van der Waals surface area (Å²) in [4.78, 5) is 0.186. The summed E-state index contributed by atoms with van der Waals surface area (Å²) in [5, 5.41) is 0. The number of halogens is 2. The van der Waals surface area contributed by atoms with E-state index in [2.05, 4.69) is 22.9 Å². The molecule has 1 aromatic heterocycles. The molecule has 4 nitrogen and oxygen atoms in total. The molecule has 0 aromatic carbocycles. The summed E-state index contributed by atoms with van der Waals surface area (Å²) in [5.41, 5.74) is 0. The molecule has 1 saturated carbocycles. The lowest BCUT2D eigenvalue weighted by Crippen LogP contribution is -2.34. The minimum absolute atomic E-state index is 0.151. The molecule has 2 rings (SSSR count). The van der Waals surface area contributed by atoms with Crippen LogP contribution >= 0.6 is 27.5 Å². The number of unbranched alkanes of at least 4 members (excludes halogenated alkanes) is 1. The molecule has 0 aliphatic heterocycles. The molecule has 19 heavy (non-hydrogen) atoms. The van der Waals surface area contributed by atoms with Gasteiger partial charge in [-0.3, -0.25) is 0 Å². The third-order valence-corrected chi connectivity index (χ3v) is 6.18. The van der Waals surface area contributed by atoms with Crippen molar-refractivity contribution < 1.29 is 12.8 Å². The molecule has 1 fully saturated rings. The number of alkyl halides is 1. The highest BCUT2D eigenvalue weighted by Crippen LogP contribution is 2.36. The lowest BCUT2D eigenvalue weighted by atomic mass is 10.3. The molecular formula is C12H17BrClNO3S. The highest BCUT2D eigenvalue weighted by Gasteiger charge is 2.39. The Kier molecular flexibility index (Phi) is 4.98. The number of rotatable bonds is 7. The molecule has 0 N–H and O–H groups in total. The van der Waals surface area contributed by atoms with Crippen molar-refractivity contribution in [3.63, 3.8) is 0 Å². The van der Waals surface area contributed by atoms with Gasteiger partial charge in [0.05, 0.1) is 5.88 Å². The van der Waals surface area contributed by atoms with Gasteiger partial charge < -0.3 is 4.42 Å². The molecule has 1 aromatic rings. The van der Waals surface area contributed by atoms with Crippen LogP contribution in [0.1, 0.15) is 38.4 Å². The van der Waals surface area contributed by atoms with Gasteiger partial charge in [-0.05, 0) is 35.2 Å². The van der Waals surface area contributed by atoms with E-state index in [1.165, 1.54) is 6.07 Å². The Morgan fingerprint density at radius 3 is 2.68 bits per heavy atom. The highest BCUT2D eigenvalue weighted by molar-refractivity contribution is 9.10. The summed E-state index contributed by atoms with van der Waals surface area (Å²) >= 11 is 8.85. The molecular weight excluding hydrogens is 354 g/mol. The van der Waals surface area contributed by atoms with Crippen LogP contribution in [-0.2, 0) is 15.9 Å². The minimum atomic E-state index is -3.50. The Bertz CT molecular complexity index is 539. The Balaban J connectivity index is 2.30. The van der Waals surface area contributed by atoms with Crippen molar-refractivity contribution in [2.45, 2.75) is 49.4 Å². The molecule has 0 bridgehead atoms. The van der Waals surface area contributed by atoms with Gasteiger partial charge in [-0.2, -0.15) is 4.31 Å². The van der Waals surface area contributed by atoms with Crippen LogP contribution in [0.15, 0.2) is 20.0 Å². The van der Waals surface area contributed by atoms with Gasteiger partial charge >= 0.3 is 0 Å². The van der Waals surface area contributed by atoms with E-state index in [-0.39, 0.29) is 21.5 Å². The average Bonchev–Trinajstić information content (AvgIpc) is 3.11. The van der Waals surface area contributed by atoms with Gasteiger partial charge in [-0.25, -0.2) is 8.42 Å². The lowest BCUT2D eigenvalue weighted by Gasteiger charge is -2.20. The van der Waals surface area contributed by atoms with E-state index in [0.717, 1.165) is 25.7 Å². The molecule has 0 spiro atoms. The first-order chi connectivity index (χ1) is 9.00. The van der Waals surface area contributed by atoms with Crippen LogP contribution in [0.3, 0.4) is 0 Å². The molecule has 0 unspecified atom stereocenters. The van der Waals surface area contributed by atoms with E-state index in [1.54, 1.807) is 4.31 Å². The summed E-state index contributed by atoms with van der Waals surface area (Å²) in [7, 11) is -3.50. The first-order valence-corrected chi connectivity index (χ1v) is 9.13. The van der Waals surface area contributed by atoms with Gasteiger partial charge in [0.1, 0.15) is 10.7 Å². The zero-order valence-corrected chi connectivity index (χ0v) is 13.9. The largest absolute Gasteiger partial charge is 0.452 e. The van der Waals surface area contributed by atoms with Gasteiger partial charge in [0.2, 0.25) is 10.0 Å². The molecule has 1 aliphatic rings. The van der Waals surface area contributed by atoms with Crippen LogP contribution in [0.4, 0.5) is 0 Å². The second kappa shape index (κ2) is 6.16. The van der Waals surface area contributed by atoms with Crippen LogP contribution in [0.2, 0.25) is 0 Å². The summed E-state index contributed by atoms with van der Waals surface area (Å²) in [6, 6.07) is 1.66. The third kappa shape index (κ3) is 3.35. The second-order valence-electron chi connectivity index (χ2n) is 4.68. The maximum absolute atomic E-state index is 12.7. The van der Waals surface area contributed by atoms with Gasteiger partial charge in [0, 0.05) is 18.7 Å². The first-order valence-electron chi connectivity index (χ1n) is 6.36. The molecule has 1 heterocycles. The number of nitrogens with zero attached hydrogens (tertiary/aromatic N) is 1. The van der Waals surface area contributed by atoms with Crippen molar-refractivity contribution >= 4 is 37.6 Å². The van der Waals surface area contributed by atoms with E-state index in [4.69, 9.17) is 16.0 Å². The Morgan fingerprint density at radius 1 is 1.53 bits per heavy atom. The predicted molar refractivity (Wildman–Crippen MR) is 77.8 cm³/mol. The standard InChI is InChI=1S/C12H17BrClNO3S/c1-2-3-6-15(9-4-5-9)19(16,17)11-7-10(8-14)18-12(11)13/h7,9H,2-6,8H2,1H3. The second-order valence-corrected chi connectivity index (χ2v) is 7.53. The Morgan fingerprint density at radius 2 is 2.21 bits per heavy atom. The molecule has 0 radical (unpaired) electrons. The highest BCUT2D eigenvalue weighted by atomic mass is 79.9. The van der Waals surface area contributed by atoms with Crippen LogP contribution in [-0.4, -0.2) is 25.3 Å². The van der Waals surface area contributed by atoms with Crippen molar-refractivity contribution in [1.29, 1.82) is 0 Å². The Hall–Kier alpha value is -0.0400. The third-order valence-electron chi connectivity index (χ3n) is 3.11. The first kappa shape index (κ1) is 15.4. The monoisotopic (exact) mass is 369 g/mol. The Labute approximate surface area is 127 Å². The predicted octanol–water partition coefficient (Wildman–Crippen LogP) is 3.73. The lowest BCUT2D eigenvalue weighted by molar-refractivity contribution is 0.394. The van der Waals surface area contributed by atoms with Crippen molar-refractivity contribution in [2.75, 3.05) is 6.54 Å². The van der Waals surface area contributed by atoms with E-state index in [9.17, 15) is 8.42 Å². The minimum Gasteiger partial charge on any atom is -0.452 e. The molecule has 108 valence electrons. The van der Waals surface area contributed by atoms with Gasteiger partial charge in [0.25, 0.3) is 0 Å². The summed E-state index contributed by atoms with van der Waals surface area (Å²) in [5.74, 6) is 0.616. The van der Waals surface area contributed by atoms with Crippen LogP contribution in [0, 0.1) is 0 Å². The van der Waals surface area contributed by atoms with Crippen molar-refractivity contribution in [1.82, 2.24) is 4.31 Å². The number of furan rings is 1. The zero-order chi connectivity index (χ0) is 14.0. The molecule has 0 amide bonds. The fourth-order valence-electron chi connectivity index (χ4n) is 1.94. The van der Waals surface area contributed by atoms with Crippen molar-refractivity contribution in [2.24, 2.45) is 0 Å². The maximum atomic E-state index is 12.7. The number of hydrogen-bond donors (Lipinski definition) is 0. The van der Waals surface area contributed by atoms with Crippen LogP contribution < -0.4 is 0 Å². The summed E-state index contributed by atoms with van der Waals surface area (Å²) in [6.45, 7) is 2.62. The zero-order valence-electron chi connectivity index (χ0n) is 10.7. The summed E-state index contributed by atoms with van der Waals surface area (Å²) < 4.78 is 32.5. The van der Waals surface area contributed by atoms with E-state index in [1.807, 2.05) is 0 Å². The molecule has 0 atom stereocenters. The van der Waals surface area contributed by atoms with E-state index < -0.39 is 10.0 Å². The van der Waals surface area contributed by atoms with Crippen molar-refractivity contribution in [3.05, 3.63) is 16.5 Å². The number of hydrogen-bond acceptors (Lipinski definition) is 3. The molecule has 0 saturated heterocycles. The van der Waals surface area contributed by atoms with E-state index >= 15 is 0 Å². The fraction of sp³-hybridized carbons (Fsp3) is 0.667. The SMILES string of the molecule is CCCCN(C1CC1)S(=O)(=O)c1cc(CCl)oc1Br. The summed E-state index contributed by atoms with van der Waals surface area (Å²) in [6.07, 6.45) is 3.73. The van der Waals surface area contributed by atoms with Gasteiger partial charge in [0.15, 0.2) is 4.67 Å². The van der Waals surface area contributed by atoms with Crippen molar-refractivity contribution in [3.8, 4) is 0 Å². The molecule has 1 aliphatic carbocycles.